The van der Waals surface area contributed by atoms with Gasteiger partial charge in [-0.15, -0.1) is 34.2 Å². The van der Waals surface area contributed by atoms with Gasteiger partial charge in [0.2, 0.25) is 0 Å². The van der Waals surface area contributed by atoms with Crippen molar-refractivity contribution < 1.29 is 0 Å². The molecule has 0 bridgehead atoms. The van der Waals surface area contributed by atoms with Crippen LogP contribution in [0.1, 0.15) is 50.2 Å². The number of guanidine groups is 1. The van der Waals surface area contributed by atoms with Crippen molar-refractivity contribution in [2.45, 2.75) is 64.1 Å². The van der Waals surface area contributed by atoms with Gasteiger partial charge in [-0.05, 0) is 32.6 Å². The smallest absolute Gasteiger partial charge is 0.192 e. The highest BCUT2D eigenvalue weighted by molar-refractivity contribution is 14.0. The third-order valence-corrected chi connectivity index (χ3v) is 4.18. The van der Waals surface area contributed by atoms with Gasteiger partial charge in [0, 0.05) is 19.1 Å². The molecule has 2 aliphatic rings. The van der Waals surface area contributed by atoms with E-state index in [1.54, 1.807) is 0 Å². The number of aryl methyl sites for hydroxylation is 1. The molecular formula is C14H25IN6. The first-order valence-electron chi connectivity index (χ1n) is 7.65. The summed E-state index contributed by atoms with van der Waals surface area (Å²) < 4.78 is 1.99. The Balaban J connectivity index is 0.00000161. The molecule has 0 aliphatic heterocycles. The van der Waals surface area contributed by atoms with Crippen LogP contribution in [0.25, 0.3) is 0 Å². The quantitative estimate of drug-likeness (QED) is 0.457. The van der Waals surface area contributed by atoms with Gasteiger partial charge in [-0.2, -0.15) is 0 Å². The standard InChI is InChI=1S/C14H24N6.HI/c1-10-18-19-13(20(10)2)9-15-14(17-12-7-8-12)16-11-5-3-4-6-11;/h11-12H,3-9H2,1-2H3,(H2,15,16,17);1H. The Kier molecular flexibility index (Phi) is 5.83. The van der Waals surface area contributed by atoms with E-state index in [1.807, 2.05) is 18.5 Å². The molecule has 0 amide bonds. The van der Waals surface area contributed by atoms with E-state index in [1.165, 1.54) is 38.5 Å². The predicted octanol–water partition coefficient (Wildman–Crippen LogP) is 1.88. The topological polar surface area (TPSA) is 67.1 Å². The van der Waals surface area contributed by atoms with Gasteiger partial charge >= 0.3 is 0 Å². The molecule has 0 radical (unpaired) electrons. The Hall–Kier alpha value is -0.860. The number of halogens is 1. The summed E-state index contributed by atoms with van der Waals surface area (Å²) in [5.41, 5.74) is 0. The van der Waals surface area contributed by atoms with Crippen LogP contribution in [0, 0.1) is 6.92 Å². The van der Waals surface area contributed by atoms with Gasteiger partial charge in [0.05, 0.1) is 0 Å². The Labute approximate surface area is 143 Å². The minimum Gasteiger partial charge on any atom is -0.354 e. The largest absolute Gasteiger partial charge is 0.354 e. The fourth-order valence-corrected chi connectivity index (χ4v) is 2.56. The van der Waals surface area contributed by atoms with E-state index in [0.29, 0.717) is 18.6 Å². The second-order valence-corrected chi connectivity index (χ2v) is 5.93. The minimum atomic E-state index is 0. The molecule has 2 N–H and O–H groups in total. The Bertz CT molecular complexity index is 488. The van der Waals surface area contributed by atoms with Crippen molar-refractivity contribution >= 4 is 29.9 Å². The van der Waals surface area contributed by atoms with Gasteiger partial charge in [-0.25, -0.2) is 4.99 Å². The van der Waals surface area contributed by atoms with Crippen molar-refractivity contribution in [2.75, 3.05) is 0 Å². The van der Waals surface area contributed by atoms with Crippen molar-refractivity contribution in [3.63, 3.8) is 0 Å². The van der Waals surface area contributed by atoms with Crippen molar-refractivity contribution in [2.24, 2.45) is 12.0 Å². The number of hydrogen-bond acceptors (Lipinski definition) is 3. The van der Waals surface area contributed by atoms with Gasteiger partial charge in [0.25, 0.3) is 0 Å². The number of rotatable bonds is 4. The molecule has 0 atom stereocenters. The summed E-state index contributed by atoms with van der Waals surface area (Å²) in [5, 5.41) is 15.3. The molecular weight excluding hydrogens is 379 g/mol. The van der Waals surface area contributed by atoms with E-state index in [0.717, 1.165) is 17.6 Å². The van der Waals surface area contributed by atoms with Crippen molar-refractivity contribution in [3.8, 4) is 0 Å². The molecule has 0 saturated heterocycles. The van der Waals surface area contributed by atoms with Crippen LogP contribution in [-0.2, 0) is 13.6 Å². The monoisotopic (exact) mass is 404 g/mol. The maximum atomic E-state index is 4.68. The van der Waals surface area contributed by atoms with Crippen molar-refractivity contribution in [1.82, 2.24) is 25.4 Å². The van der Waals surface area contributed by atoms with Gasteiger partial charge in [-0.3, -0.25) is 0 Å². The molecule has 6 nitrogen and oxygen atoms in total. The normalized spacial score (nSPS) is 19.4. The lowest BCUT2D eigenvalue weighted by Gasteiger charge is -2.17. The van der Waals surface area contributed by atoms with Gasteiger partial charge < -0.3 is 15.2 Å². The zero-order chi connectivity index (χ0) is 13.9. The van der Waals surface area contributed by atoms with Crippen LogP contribution in [0.3, 0.4) is 0 Å². The summed E-state index contributed by atoms with van der Waals surface area (Å²) in [6, 6.07) is 1.20. The highest BCUT2D eigenvalue weighted by atomic mass is 127. The molecule has 3 rings (SSSR count). The average Bonchev–Trinajstić information content (AvgIpc) is 2.99. The van der Waals surface area contributed by atoms with E-state index in [4.69, 9.17) is 0 Å². The first kappa shape index (κ1) is 16.5. The Morgan fingerprint density at radius 1 is 1.14 bits per heavy atom. The lowest BCUT2D eigenvalue weighted by molar-refractivity contribution is 0.609. The second kappa shape index (κ2) is 7.42. The predicted molar refractivity (Wildman–Crippen MR) is 93.8 cm³/mol. The molecule has 2 aliphatic carbocycles. The van der Waals surface area contributed by atoms with Crippen LogP contribution < -0.4 is 10.6 Å². The van der Waals surface area contributed by atoms with Crippen molar-refractivity contribution in [3.05, 3.63) is 11.6 Å². The maximum absolute atomic E-state index is 4.68. The number of nitrogens with one attached hydrogen (secondary N) is 2. The third kappa shape index (κ3) is 4.55. The van der Waals surface area contributed by atoms with E-state index in [9.17, 15) is 0 Å². The molecule has 2 saturated carbocycles. The molecule has 2 fully saturated rings. The van der Waals surface area contributed by atoms with Crippen LogP contribution in [-0.4, -0.2) is 32.8 Å². The first-order chi connectivity index (χ1) is 9.72. The highest BCUT2D eigenvalue weighted by Gasteiger charge is 2.24. The zero-order valence-corrected chi connectivity index (χ0v) is 15.1. The SMILES string of the molecule is Cc1nnc(CN=C(NC2CCCC2)NC2CC2)n1C.I. The average molecular weight is 404 g/mol. The minimum absolute atomic E-state index is 0. The number of aromatic nitrogens is 3. The molecule has 7 heteroatoms. The molecule has 0 aromatic carbocycles. The molecule has 118 valence electrons. The van der Waals surface area contributed by atoms with Gasteiger partial charge in [0.15, 0.2) is 11.8 Å². The molecule has 1 aromatic heterocycles. The first-order valence-corrected chi connectivity index (χ1v) is 7.65. The van der Waals surface area contributed by atoms with Crippen LogP contribution in [0.15, 0.2) is 4.99 Å². The molecule has 1 aromatic rings. The summed E-state index contributed by atoms with van der Waals surface area (Å²) in [5.74, 6) is 2.78. The summed E-state index contributed by atoms with van der Waals surface area (Å²) in [4.78, 5) is 4.68. The van der Waals surface area contributed by atoms with E-state index in [2.05, 4.69) is 25.8 Å². The lowest BCUT2D eigenvalue weighted by atomic mass is 10.2. The number of nitrogens with zero attached hydrogens (tertiary/aromatic N) is 4. The highest BCUT2D eigenvalue weighted by Crippen LogP contribution is 2.20. The molecule has 21 heavy (non-hydrogen) atoms. The van der Waals surface area contributed by atoms with Crippen molar-refractivity contribution in [1.29, 1.82) is 0 Å². The second-order valence-electron chi connectivity index (χ2n) is 5.93. The molecule has 0 unspecified atom stereocenters. The van der Waals surface area contributed by atoms with Crippen LogP contribution in [0.2, 0.25) is 0 Å². The molecule has 1 heterocycles. The number of aliphatic imine (C=N–C) groups is 1. The maximum Gasteiger partial charge on any atom is 0.192 e. The van der Waals surface area contributed by atoms with E-state index < -0.39 is 0 Å². The zero-order valence-electron chi connectivity index (χ0n) is 12.8. The van der Waals surface area contributed by atoms with Gasteiger partial charge in [0.1, 0.15) is 12.4 Å². The van der Waals surface area contributed by atoms with E-state index in [-0.39, 0.29) is 24.0 Å². The van der Waals surface area contributed by atoms with Crippen LogP contribution >= 0.6 is 24.0 Å². The van der Waals surface area contributed by atoms with Crippen LogP contribution in [0.5, 0.6) is 0 Å². The Morgan fingerprint density at radius 3 is 2.29 bits per heavy atom. The Morgan fingerprint density at radius 2 is 1.76 bits per heavy atom. The summed E-state index contributed by atoms with van der Waals surface area (Å²) in [6.45, 7) is 2.53. The third-order valence-electron chi connectivity index (χ3n) is 4.18. The van der Waals surface area contributed by atoms with Crippen LogP contribution in [0.4, 0.5) is 0 Å². The fourth-order valence-electron chi connectivity index (χ4n) is 2.56. The van der Waals surface area contributed by atoms with E-state index >= 15 is 0 Å². The fraction of sp³-hybridized carbons (Fsp3) is 0.786. The summed E-state index contributed by atoms with van der Waals surface area (Å²) >= 11 is 0. The van der Waals surface area contributed by atoms with Gasteiger partial charge in [-0.1, -0.05) is 12.8 Å². The number of hydrogen-bond donors (Lipinski definition) is 2. The molecule has 0 spiro atoms. The summed E-state index contributed by atoms with van der Waals surface area (Å²) in [6.07, 6.45) is 7.69. The lowest BCUT2D eigenvalue weighted by Crippen LogP contribution is -2.43. The summed E-state index contributed by atoms with van der Waals surface area (Å²) in [7, 11) is 1.98.